The largest absolute Gasteiger partial charge is 0.490 e. The third-order valence-corrected chi connectivity index (χ3v) is 7.62. The van der Waals surface area contributed by atoms with Crippen molar-refractivity contribution >= 4 is 28.3 Å². The Bertz CT molecular complexity index is 1460. The summed E-state index contributed by atoms with van der Waals surface area (Å²) < 4.78 is 70.8. The molecule has 1 aliphatic heterocycles. The number of aliphatic hydroxyl groups is 1. The van der Waals surface area contributed by atoms with Gasteiger partial charge < -0.3 is 15.2 Å². The van der Waals surface area contributed by atoms with Crippen LogP contribution >= 0.6 is 11.3 Å². The van der Waals surface area contributed by atoms with Crippen molar-refractivity contribution in [2.45, 2.75) is 31.7 Å². The van der Waals surface area contributed by atoms with Crippen molar-refractivity contribution in [3.05, 3.63) is 65.7 Å². The predicted molar refractivity (Wildman–Crippen MR) is 139 cm³/mol. The number of aromatic nitrogens is 2. The van der Waals surface area contributed by atoms with Crippen LogP contribution in [-0.4, -0.2) is 56.9 Å². The summed E-state index contributed by atoms with van der Waals surface area (Å²) in [5.41, 5.74) is 2.56. The molecule has 6 nitrogen and oxygen atoms in total. The van der Waals surface area contributed by atoms with Gasteiger partial charge in [-0.05, 0) is 79.4 Å². The summed E-state index contributed by atoms with van der Waals surface area (Å²) in [4.78, 5) is 20.8. The van der Waals surface area contributed by atoms with Crippen LogP contribution in [0.25, 0.3) is 32.2 Å². The number of carbonyl (C=O) groups is 1. The molecule has 0 spiro atoms. The molecule has 0 saturated carbocycles. The molecule has 1 saturated heterocycles. The number of hydrogen-bond donors (Lipinski definition) is 3. The number of aliphatic hydroxyl groups excluding tert-OH is 1. The first-order valence-electron chi connectivity index (χ1n) is 12.2. The monoisotopic (exact) mass is 585 g/mol. The molecule has 3 N–H and O–H groups in total. The van der Waals surface area contributed by atoms with Crippen molar-refractivity contribution in [1.29, 1.82) is 0 Å². The van der Waals surface area contributed by atoms with Gasteiger partial charge in [0, 0.05) is 18.0 Å². The van der Waals surface area contributed by atoms with Gasteiger partial charge in [0.15, 0.2) is 0 Å². The van der Waals surface area contributed by atoms with Crippen molar-refractivity contribution < 1.29 is 41.4 Å². The molecular formula is C27H25F6N3O3S. The molecule has 0 bridgehead atoms. The van der Waals surface area contributed by atoms with E-state index in [1.807, 2.05) is 12.1 Å². The molecular weight excluding hydrogens is 560 g/mol. The Morgan fingerprint density at radius 1 is 1.00 bits per heavy atom. The number of fused-ring (bicyclic) bond motifs is 1. The average Bonchev–Trinajstić information content (AvgIpc) is 3.56. The van der Waals surface area contributed by atoms with Gasteiger partial charge in [0.05, 0.1) is 21.5 Å². The van der Waals surface area contributed by atoms with E-state index in [0.29, 0.717) is 22.8 Å². The van der Waals surface area contributed by atoms with Crippen LogP contribution in [-0.2, 0) is 17.5 Å². The third-order valence-electron chi connectivity index (χ3n) is 6.47. The van der Waals surface area contributed by atoms with Gasteiger partial charge in [0.1, 0.15) is 5.82 Å². The van der Waals surface area contributed by atoms with E-state index >= 15 is 0 Å². The minimum absolute atomic E-state index is 0.277. The number of hydrogen-bond acceptors (Lipinski definition) is 5. The quantitative estimate of drug-likeness (QED) is 0.224. The van der Waals surface area contributed by atoms with E-state index in [9.17, 15) is 31.4 Å². The number of thiophene rings is 1. The van der Waals surface area contributed by atoms with Gasteiger partial charge in [0.2, 0.25) is 0 Å². The highest BCUT2D eigenvalue weighted by atomic mass is 32.1. The normalized spacial score (nSPS) is 15.2. The lowest BCUT2D eigenvalue weighted by Gasteiger charge is -2.31. The van der Waals surface area contributed by atoms with Crippen LogP contribution in [0.15, 0.2) is 54.6 Å². The van der Waals surface area contributed by atoms with Gasteiger partial charge in [-0.1, -0.05) is 18.2 Å². The Labute approximate surface area is 228 Å². The van der Waals surface area contributed by atoms with Crippen LogP contribution in [0.5, 0.6) is 0 Å². The molecule has 2 aromatic heterocycles. The smallest absolute Gasteiger partial charge is 0.475 e. The number of piperidine rings is 1. The molecule has 0 aliphatic carbocycles. The van der Waals surface area contributed by atoms with Gasteiger partial charge in [-0.3, -0.25) is 4.90 Å². The second kappa shape index (κ2) is 12.0. The number of rotatable bonds is 5. The fraction of sp³-hybridized carbons (Fsp3) is 0.333. The fourth-order valence-corrected chi connectivity index (χ4v) is 5.28. The number of alkyl halides is 6. The fourth-order valence-electron chi connectivity index (χ4n) is 4.33. The van der Waals surface area contributed by atoms with Crippen LogP contribution < -0.4 is 0 Å². The molecule has 40 heavy (non-hydrogen) atoms. The van der Waals surface area contributed by atoms with Crippen LogP contribution in [0.3, 0.4) is 0 Å². The standard InChI is InChI=1S/C25H24F3N3OS.C2HF3O2/c26-25(27,28)19-4-5-20-21(13-19)30-24(29-20)23-7-6-22(33-23)18-3-1-2-17(12-18)14-31-10-8-16(15-32)9-11-31;3-2(4,5)1(6)7/h1-7,12-13,16,32H,8-11,14-15H2,(H,29,30);(H,6,7). The summed E-state index contributed by atoms with van der Waals surface area (Å²) in [6.07, 6.45) is -7.39. The highest BCUT2D eigenvalue weighted by molar-refractivity contribution is 7.18. The highest BCUT2D eigenvalue weighted by Gasteiger charge is 2.38. The van der Waals surface area contributed by atoms with E-state index in [0.717, 1.165) is 59.9 Å². The number of likely N-dealkylation sites (tertiary alicyclic amines) is 1. The van der Waals surface area contributed by atoms with Crippen molar-refractivity contribution in [2.24, 2.45) is 5.92 Å². The Morgan fingerprint density at radius 2 is 1.68 bits per heavy atom. The molecule has 4 aromatic rings. The summed E-state index contributed by atoms with van der Waals surface area (Å²) in [7, 11) is 0. The number of carboxylic acid groups (broad SMARTS) is 1. The van der Waals surface area contributed by atoms with Gasteiger partial charge in [0.25, 0.3) is 0 Å². The maximum atomic E-state index is 13.0. The lowest BCUT2D eigenvalue weighted by molar-refractivity contribution is -0.192. The second-order valence-electron chi connectivity index (χ2n) is 9.38. The third kappa shape index (κ3) is 7.40. The molecule has 0 amide bonds. The zero-order valence-corrected chi connectivity index (χ0v) is 21.7. The van der Waals surface area contributed by atoms with Crippen molar-refractivity contribution in [3.8, 4) is 21.1 Å². The number of nitrogens with zero attached hydrogens (tertiary/aromatic N) is 2. The Morgan fingerprint density at radius 3 is 2.30 bits per heavy atom. The number of aliphatic carboxylic acids is 1. The van der Waals surface area contributed by atoms with Crippen molar-refractivity contribution in [3.63, 3.8) is 0 Å². The minimum atomic E-state index is -5.08. The number of H-pyrrole nitrogens is 1. The first-order chi connectivity index (χ1) is 18.8. The highest BCUT2D eigenvalue weighted by Crippen LogP contribution is 2.36. The van der Waals surface area contributed by atoms with E-state index in [1.165, 1.54) is 11.6 Å². The maximum absolute atomic E-state index is 13.0. The molecule has 214 valence electrons. The Kier molecular flexibility index (Phi) is 8.86. The first kappa shape index (κ1) is 29.6. The Hall–Kier alpha value is -3.42. The van der Waals surface area contributed by atoms with Crippen LogP contribution in [0.2, 0.25) is 0 Å². The molecule has 13 heteroatoms. The number of nitrogens with one attached hydrogen (secondary N) is 1. The summed E-state index contributed by atoms with van der Waals surface area (Å²) >= 11 is 1.56. The van der Waals surface area contributed by atoms with Crippen LogP contribution in [0.1, 0.15) is 24.0 Å². The molecule has 3 heterocycles. The minimum Gasteiger partial charge on any atom is -0.475 e. The first-order valence-corrected chi connectivity index (χ1v) is 13.0. The number of benzene rings is 2. The molecule has 5 rings (SSSR count). The molecule has 1 fully saturated rings. The topological polar surface area (TPSA) is 89.4 Å². The zero-order valence-electron chi connectivity index (χ0n) is 20.9. The zero-order chi connectivity index (χ0) is 29.1. The van der Waals surface area contributed by atoms with E-state index in [2.05, 4.69) is 39.1 Å². The SMILES string of the molecule is O=C(O)C(F)(F)F.OCC1CCN(Cc2cccc(-c3ccc(-c4nc5ccc(C(F)(F)F)cc5[nH]4)s3)c2)CC1. The summed E-state index contributed by atoms with van der Waals surface area (Å²) in [6.45, 7) is 3.16. The lowest BCUT2D eigenvalue weighted by Crippen LogP contribution is -2.34. The molecule has 0 radical (unpaired) electrons. The van der Waals surface area contributed by atoms with Crippen LogP contribution in [0, 0.1) is 5.92 Å². The molecule has 0 unspecified atom stereocenters. The van der Waals surface area contributed by atoms with Gasteiger partial charge in [-0.15, -0.1) is 11.3 Å². The summed E-state index contributed by atoms with van der Waals surface area (Å²) in [5.74, 6) is -1.76. The number of imidazole rings is 1. The maximum Gasteiger partial charge on any atom is 0.490 e. The summed E-state index contributed by atoms with van der Waals surface area (Å²) in [5, 5.41) is 16.5. The van der Waals surface area contributed by atoms with E-state index in [1.54, 1.807) is 11.3 Å². The van der Waals surface area contributed by atoms with E-state index in [4.69, 9.17) is 9.90 Å². The second-order valence-corrected chi connectivity index (χ2v) is 10.5. The lowest BCUT2D eigenvalue weighted by atomic mass is 9.97. The predicted octanol–water partition coefficient (Wildman–Crippen LogP) is 6.81. The van der Waals surface area contributed by atoms with E-state index < -0.39 is 23.9 Å². The number of halogens is 6. The van der Waals surface area contributed by atoms with Gasteiger partial charge in [-0.2, -0.15) is 26.3 Å². The number of carboxylic acids is 1. The van der Waals surface area contributed by atoms with Gasteiger partial charge >= 0.3 is 18.3 Å². The number of aromatic amines is 1. The van der Waals surface area contributed by atoms with Gasteiger partial charge in [-0.25, -0.2) is 9.78 Å². The molecule has 1 aliphatic rings. The molecule has 2 aromatic carbocycles. The average molecular weight is 586 g/mol. The van der Waals surface area contributed by atoms with Crippen LogP contribution in [0.4, 0.5) is 26.3 Å². The van der Waals surface area contributed by atoms with Crippen molar-refractivity contribution in [2.75, 3.05) is 19.7 Å². The Balaban J connectivity index is 0.000000470. The molecule has 0 atom stereocenters. The van der Waals surface area contributed by atoms with Crippen molar-refractivity contribution in [1.82, 2.24) is 14.9 Å². The summed E-state index contributed by atoms with van der Waals surface area (Å²) in [6, 6.07) is 16.0. The van der Waals surface area contributed by atoms with E-state index in [-0.39, 0.29) is 6.61 Å².